The van der Waals surface area contributed by atoms with E-state index in [1.807, 2.05) is 30.3 Å². The molecule has 1 aliphatic rings. The van der Waals surface area contributed by atoms with Gasteiger partial charge in [-0.25, -0.2) is 13.8 Å². The number of anilines is 1. The summed E-state index contributed by atoms with van der Waals surface area (Å²) in [7, 11) is 0. The number of aromatic nitrogens is 3. The van der Waals surface area contributed by atoms with Gasteiger partial charge in [-0.15, -0.1) is 0 Å². The zero-order valence-corrected chi connectivity index (χ0v) is 20.8. The van der Waals surface area contributed by atoms with Crippen LogP contribution in [0.1, 0.15) is 35.2 Å². The number of nitrogens with zero attached hydrogens (tertiary/aromatic N) is 4. The van der Waals surface area contributed by atoms with Gasteiger partial charge in [-0.2, -0.15) is 9.61 Å². The molecular formula is C25H21BrClF2N5O. The molecule has 6 nitrogen and oxygen atoms in total. The fraction of sp³-hybridized carbons (Fsp3) is 0.240. The lowest BCUT2D eigenvalue weighted by molar-refractivity contribution is 0.0718. The Bertz CT molecular complexity index is 1390. The van der Waals surface area contributed by atoms with Crippen molar-refractivity contribution in [2.45, 2.75) is 25.3 Å². The predicted molar refractivity (Wildman–Crippen MR) is 135 cm³/mol. The molecular weight excluding hydrogens is 540 g/mol. The maximum atomic E-state index is 13.0. The molecule has 2 aromatic heterocycles. The molecule has 1 saturated heterocycles. The number of carbonyl (C=O) groups excluding carboxylic acids is 1. The van der Waals surface area contributed by atoms with Crippen molar-refractivity contribution in [2.75, 3.05) is 18.4 Å². The number of hydrogen-bond donors (Lipinski definition) is 1. The van der Waals surface area contributed by atoms with E-state index in [2.05, 4.69) is 26.3 Å². The van der Waals surface area contributed by atoms with E-state index >= 15 is 0 Å². The highest BCUT2D eigenvalue weighted by atomic mass is 79.9. The van der Waals surface area contributed by atoms with Crippen LogP contribution in [0.5, 0.6) is 0 Å². The van der Waals surface area contributed by atoms with Gasteiger partial charge in [0.05, 0.1) is 16.4 Å². The van der Waals surface area contributed by atoms with Crippen LogP contribution in [0.25, 0.3) is 16.9 Å². The summed E-state index contributed by atoms with van der Waals surface area (Å²) in [5.41, 5.74) is 2.35. The number of carbonyl (C=O) groups is 1. The molecule has 1 fully saturated rings. The second-order valence-electron chi connectivity index (χ2n) is 8.37. The third-order valence-corrected chi connectivity index (χ3v) is 6.99. The van der Waals surface area contributed by atoms with Crippen LogP contribution in [-0.4, -0.2) is 44.5 Å². The second kappa shape index (κ2) is 9.91. The van der Waals surface area contributed by atoms with Crippen molar-refractivity contribution in [3.63, 3.8) is 0 Å². The van der Waals surface area contributed by atoms with Gasteiger partial charge in [-0.1, -0.05) is 41.9 Å². The molecule has 0 atom stereocenters. The molecule has 2 aromatic carbocycles. The van der Waals surface area contributed by atoms with Crippen molar-refractivity contribution in [3.05, 3.63) is 81.4 Å². The largest absolute Gasteiger partial charge is 0.367 e. The summed E-state index contributed by atoms with van der Waals surface area (Å²) in [5, 5.41) is 8.59. The summed E-state index contributed by atoms with van der Waals surface area (Å²) in [6, 6.07) is 15.2. The van der Waals surface area contributed by atoms with E-state index in [-0.39, 0.29) is 23.1 Å². The minimum absolute atomic E-state index is 0.0964. The van der Waals surface area contributed by atoms with Gasteiger partial charge in [0.25, 0.3) is 12.3 Å². The highest BCUT2D eigenvalue weighted by Crippen LogP contribution is 2.31. The summed E-state index contributed by atoms with van der Waals surface area (Å²) in [6.07, 6.45) is 0.494. The Morgan fingerprint density at radius 2 is 1.89 bits per heavy atom. The number of halogens is 4. The minimum atomic E-state index is -2.60. The number of hydrogen-bond acceptors (Lipinski definition) is 4. The zero-order valence-electron chi connectivity index (χ0n) is 18.5. The summed E-state index contributed by atoms with van der Waals surface area (Å²) in [4.78, 5) is 19.3. The van der Waals surface area contributed by atoms with Gasteiger partial charge in [0.2, 0.25) is 0 Å². The Kier molecular flexibility index (Phi) is 6.71. The molecule has 0 bridgehead atoms. The number of alkyl halides is 2. The standard InChI is InChI=1S/C25H21BrClF2N5O/c26-19-14-30-34-22(13-21(32-24(19)34)18-6-1-2-7-20(18)27)31-17-8-10-33(11-9-17)25(35)16-5-3-4-15(12-16)23(28)29/h1-7,12-14,17,23,31H,8-11H2. The molecule has 0 radical (unpaired) electrons. The van der Waals surface area contributed by atoms with E-state index in [4.69, 9.17) is 16.6 Å². The van der Waals surface area contributed by atoms with Gasteiger partial charge in [0.15, 0.2) is 5.65 Å². The summed E-state index contributed by atoms with van der Waals surface area (Å²) < 4.78 is 28.6. The average molecular weight is 561 g/mol. The van der Waals surface area contributed by atoms with Crippen molar-refractivity contribution in [1.82, 2.24) is 19.5 Å². The van der Waals surface area contributed by atoms with Crippen molar-refractivity contribution in [2.24, 2.45) is 0 Å². The molecule has 3 heterocycles. The predicted octanol–water partition coefficient (Wildman–Crippen LogP) is 6.47. The molecule has 0 unspecified atom stereocenters. The van der Waals surface area contributed by atoms with E-state index < -0.39 is 6.43 Å². The van der Waals surface area contributed by atoms with Crippen LogP contribution in [-0.2, 0) is 0 Å². The van der Waals surface area contributed by atoms with Crippen LogP contribution in [0.3, 0.4) is 0 Å². The van der Waals surface area contributed by atoms with E-state index in [1.165, 1.54) is 18.2 Å². The van der Waals surface area contributed by atoms with E-state index in [1.54, 1.807) is 21.7 Å². The van der Waals surface area contributed by atoms with Crippen molar-refractivity contribution in [3.8, 4) is 11.3 Å². The smallest absolute Gasteiger partial charge is 0.263 e. The number of likely N-dealkylation sites (tertiary alicyclic amines) is 1. The molecule has 1 amide bonds. The highest BCUT2D eigenvalue weighted by molar-refractivity contribution is 9.10. The molecule has 1 aliphatic heterocycles. The minimum Gasteiger partial charge on any atom is -0.367 e. The zero-order chi connectivity index (χ0) is 24.5. The van der Waals surface area contributed by atoms with Crippen molar-refractivity contribution < 1.29 is 13.6 Å². The van der Waals surface area contributed by atoms with Gasteiger partial charge in [0.1, 0.15) is 5.82 Å². The van der Waals surface area contributed by atoms with Crippen molar-refractivity contribution >= 4 is 44.9 Å². The Hall–Kier alpha value is -3.04. The van der Waals surface area contributed by atoms with Gasteiger partial charge in [-0.05, 0) is 47.0 Å². The molecule has 4 aromatic rings. The van der Waals surface area contributed by atoms with E-state index in [0.29, 0.717) is 36.6 Å². The Balaban J connectivity index is 1.33. The number of rotatable bonds is 5. The molecule has 1 N–H and O–H groups in total. The van der Waals surface area contributed by atoms with E-state index in [9.17, 15) is 13.6 Å². The van der Waals surface area contributed by atoms with Crippen LogP contribution in [0.15, 0.2) is 65.3 Å². The monoisotopic (exact) mass is 559 g/mol. The van der Waals surface area contributed by atoms with Crippen LogP contribution < -0.4 is 5.32 Å². The summed E-state index contributed by atoms with van der Waals surface area (Å²) in [6.45, 7) is 1.04. The molecule has 180 valence electrons. The van der Waals surface area contributed by atoms with Crippen LogP contribution in [0, 0.1) is 0 Å². The lowest BCUT2D eigenvalue weighted by atomic mass is 10.0. The van der Waals surface area contributed by atoms with Crippen LogP contribution in [0.4, 0.5) is 14.6 Å². The molecule has 0 saturated carbocycles. The fourth-order valence-corrected chi connectivity index (χ4v) is 4.85. The topological polar surface area (TPSA) is 62.5 Å². The first-order valence-corrected chi connectivity index (χ1v) is 12.3. The number of amides is 1. The van der Waals surface area contributed by atoms with Gasteiger partial charge < -0.3 is 10.2 Å². The first kappa shape index (κ1) is 23.7. The number of fused-ring (bicyclic) bond motifs is 1. The molecule has 0 aliphatic carbocycles. The molecule has 10 heteroatoms. The SMILES string of the molecule is O=C(c1cccc(C(F)F)c1)N1CCC(Nc2cc(-c3ccccc3Cl)nc3c(Br)cnn23)CC1. The first-order valence-electron chi connectivity index (χ1n) is 11.1. The normalized spacial score (nSPS) is 14.6. The van der Waals surface area contributed by atoms with Gasteiger partial charge in [0, 0.05) is 46.9 Å². The fourth-order valence-electron chi connectivity index (χ4n) is 4.27. The molecule has 35 heavy (non-hydrogen) atoms. The third-order valence-electron chi connectivity index (χ3n) is 6.10. The van der Waals surface area contributed by atoms with Gasteiger partial charge in [-0.3, -0.25) is 4.79 Å². The highest BCUT2D eigenvalue weighted by Gasteiger charge is 2.25. The maximum Gasteiger partial charge on any atom is 0.263 e. The molecule has 5 rings (SSSR count). The lowest BCUT2D eigenvalue weighted by Crippen LogP contribution is -2.42. The van der Waals surface area contributed by atoms with Crippen molar-refractivity contribution in [1.29, 1.82) is 0 Å². The quantitative estimate of drug-likeness (QED) is 0.304. The van der Waals surface area contributed by atoms with Gasteiger partial charge >= 0.3 is 0 Å². The Labute approximate surface area is 214 Å². The average Bonchev–Trinajstić information content (AvgIpc) is 3.25. The summed E-state index contributed by atoms with van der Waals surface area (Å²) >= 11 is 9.93. The number of nitrogens with one attached hydrogen (secondary N) is 1. The Morgan fingerprint density at radius 3 is 2.63 bits per heavy atom. The Morgan fingerprint density at radius 1 is 1.11 bits per heavy atom. The lowest BCUT2D eigenvalue weighted by Gasteiger charge is -2.33. The second-order valence-corrected chi connectivity index (χ2v) is 9.63. The van der Waals surface area contributed by atoms with Crippen LogP contribution >= 0.6 is 27.5 Å². The molecule has 0 spiro atoms. The summed E-state index contributed by atoms with van der Waals surface area (Å²) in [5.74, 6) is 0.541. The van der Waals surface area contributed by atoms with Crippen LogP contribution in [0.2, 0.25) is 5.02 Å². The maximum absolute atomic E-state index is 13.0. The third kappa shape index (κ3) is 4.88. The first-order chi connectivity index (χ1) is 16.9. The van der Waals surface area contributed by atoms with E-state index in [0.717, 1.165) is 21.5 Å². The number of benzene rings is 2. The number of piperidine rings is 1.